The van der Waals surface area contributed by atoms with Gasteiger partial charge in [0, 0.05) is 10.7 Å². The van der Waals surface area contributed by atoms with Crippen LogP contribution in [0.15, 0.2) is 24.3 Å². The maximum atomic E-state index is 8.35. The Hall–Kier alpha value is -1.31. The smallest absolute Gasteiger partial charge is 0.231 e. The number of isocyanates is 1. The summed E-state index contributed by atoms with van der Waals surface area (Å²) >= 11 is 5.56. The lowest BCUT2D eigenvalue weighted by atomic mass is 10.3. The molecule has 4 heteroatoms. The Kier molecular flexibility index (Phi) is 4.82. The summed E-state index contributed by atoms with van der Waals surface area (Å²) in [7, 11) is 0. The first-order valence-electron chi connectivity index (χ1n) is 2.75. The van der Waals surface area contributed by atoms with Crippen LogP contribution in [-0.2, 0) is 4.79 Å². The van der Waals surface area contributed by atoms with E-state index < -0.39 is 0 Å². The van der Waals surface area contributed by atoms with Gasteiger partial charge in [-0.25, -0.2) is 10.2 Å². The predicted octanol–water partition coefficient (Wildman–Crippen LogP) is 1.82. The second-order valence-electron chi connectivity index (χ2n) is 1.65. The van der Waals surface area contributed by atoms with Crippen molar-refractivity contribution in [2.24, 2.45) is 0 Å². The molecule has 0 unspecified atom stereocenters. The zero-order chi connectivity index (χ0) is 8.69. The molecule has 1 aromatic rings. The van der Waals surface area contributed by atoms with Gasteiger partial charge in [-0.05, 0) is 24.3 Å². The van der Waals surface area contributed by atoms with E-state index in [4.69, 9.17) is 27.5 Å². The number of nitrogens with two attached hydrogens (primary N) is 1. The molecule has 1 aromatic carbocycles. The quantitative estimate of drug-likeness (QED) is 0.354. The minimum absolute atomic E-state index is 0.721. The Labute approximate surface area is 69.3 Å². The summed E-state index contributed by atoms with van der Waals surface area (Å²) in [5.41, 5.74) is 6.11. The minimum Gasteiger partial charge on any atom is -0.399 e. The molecule has 11 heavy (non-hydrogen) atoms. The predicted molar refractivity (Wildman–Crippen MR) is 44.3 cm³/mol. The van der Waals surface area contributed by atoms with E-state index in [2.05, 4.69) is 0 Å². The van der Waals surface area contributed by atoms with Crippen molar-refractivity contribution >= 4 is 23.4 Å². The standard InChI is InChI=1S/C6H6ClN.CHNO/c7-5-1-3-6(8)4-2-5;2-1-3/h1-4H,8H2;2H. The SMILES string of the molecule is N=C=O.Nc1ccc(Cl)cc1. The number of halogens is 1. The average molecular weight is 171 g/mol. The third-order valence-corrected chi connectivity index (χ3v) is 1.12. The van der Waals surface area contributed by atoms with Gasteiger partial charge in [-0.15, -0.1) is 0 Å². The van der Waals surface area contributed by atoms with Crippen LogP contribution < -0.4 is 5.73 Å². The first-order valence-corrected chi connectivity index (χ1v) is 3.13. The van der Waals surface area contributed by atoms with Crippen LogP contribution >= 0.6 is 11.6 Å². The summed E-state index contributed by atoms with van der Waals surface area (Å²) in [6, 6.07) is 7.05. The molecule has 0 atom stereocenters. The molecule has 0 aliphatic carbocycles. The highest BCUT2D eigenvalue weighted by molar-refractivity contribution is 6.30. The highest BCUT2D eigenvalue weighted by Gasteiger charge is 1.82. The van der Waals surface area contributed by atoms with Crippen molar-refractivity contribution in [3.8, 4) is 0 Å². The fourth-order valence-electron chi connectivity index (χ4n) is 0.463. The zero-order valence-electron chi connectivity index (χ0n) is 5.67. The van der Waals surface area contributed by atoms with Crippen LogP contribution in [0.4, 0.5) is 5.69 Å². The van der Waals surface area contributed by atoms with Gasteiger partial charge >= 0.3 is 0 Å². The van der Waals surface area contributed by atoms with Gasteiger partial charge < -0.3 is 5.73 Å². The summed E-state index contributed by atoms with van der Waals surface area (Å²) < 4.78 is 0. The van der Waals surface area contributed by atoms with Gasteiger partial charge in [0.25, 0.3) is 0 Å². The number of carbonyl (C=O) groups excluding carboxylic acids is 1. The molecule has 0 spiro atoms. The number of anilines is 1. The minimum atomic E-state index is 0.721. The van der Waals surface area contributed by atoms with Crippen LogP contribution in [0.3, 0.4) is 0 Å². The topological polar surface area (TPSA) is 66.9 Å². The third-order valence-electron chi connectivity index (χ3n) is 0.870. The number of nitrogens with one attached hydrogen (secondary N) is 1. The van der Waals surface area contributed by atoms with Gasteiger partial charge in [-0.1, -0.05) is 11.6 Å². The molecule has 1 rings (SSSR count). The second kappa shape index (κ2) is 5.47. The molecular weight excluding hydrogens is 164 g/mol. The largest absolute Gasteiger partial charge is 0.399 e. The van der Waals surface area contributed by atoms with Crippen molar-refractivity contribution in [1.82, 2.24) is 0 Å². The molecule has 0 bridgehead atoms. The lowest BCUT2D eigenvalue weighted by Gasteiger charge is -1.88. The lowest BCUT2D eigenvalue weighted by Crippen LogP contribution is -1.80. The Balaban J connectivity index is 0.000000292. The van der Waals surface area contributed by atoms with Gasteiger partial charge in [0.15, 0.2) is 0 Å². The van der Waals surface area contributed by atoms with Crippen LogP contribution in [0.5, 0.6) is 0 Å². The summed E-state index contributed by atoms with van der Waals surface area (Å²) in [5.74, 6) is 0. The molecule has 0 saturated heterocycles. The van der Waals surface area contributed by atoms with Crippen LogP contribution in [-0.4, -0.2) is 6.08 Å². The van der Waals surface area contributed by atoms with E-state index in [1.807, 2.05) is 0 Å². The Morgan fingerprint density at radius 1 is 1.36 bits per heavy atom. The van der Waals surface area contributed by atoms with Crippen LogP contribution in [0, 0.1) is 5.41 Å². The van der Waals surface area contributed by atoms with Crippen molar-refractivity contribution in [1.29, 1.82) is 5.41 Å². The van der Waals surface area contributed by atoms with Gasteiger partial charge in [0.05, 0.1) is 0 Å². The molecule has 0 saturated carbocycles. The first-order chi connectivity index (χ1) is 5.20. The number of nitrogen functional groups attached to an aromatic ring is 1. The van der Waals surface area contributed by atoms with E-state index in [9.17, 15) is 0 Å². The van der Waals surface area contributed by atoms with Crippen LogP contribution in [0.1, 0.15) is 0 Å². The molecule has 0 aromatic heterocycles. The Bertz CT molecular complexity index is 218. The normalized spacial score (nSPS) is 7.36. The third kappa shape index (κ3) is 5.15. The maximum Gasteiger partial charge on any atom is 0.231 e. The fraction of sp³-hybridized carbons (Fsp3) is 0. The van der Waals surface area contributed by atoms with E-state index >= 15 is 0 Å². The molecule has 58 valence electrons. The lowest BCUT2D eigenvalue weighted by molar-refractivity contribution is 0.563. The number of benzene rings is 1. The summed E-state index contributed by atoms with van der Waals surface area (Å²) in [4.78, 5) is 8.35. The highest BCUT2D eigenvalue weighted by Crippen LogP contribution is 2.09. The Morgan fingerprint density at radius 2 is 1.73 bits per heavy atom. The van der Waals surface area contributed by atoms with Crippen LogP contribution in [0.2, 0.25) is 5.02 Å². The zero-order valence-corrected chi connectivity index (χ0v) is 6.43. The number of rotatable bonds is 0. The van der Waals surface area contributed by atoms with E-state index in [1.54, 1.807) is 24.3 Å². The number of hydrogen-bond donors (Lipinski definition) is 2. The Morgan fingerprint density at radius 3 is 2.00 bits per heavy atom. The van der Waals surface area contributed by atoms with E-state index in [1.165, 1.54) is 0 Å². The maximum absolute atomic E-state index is 8.35. The molecule has 0 heterocycles. The van der Waals surface area contributed by atoms with E-state index in [0.717, 1.165) is 16.8 Å². The molecule has 0 aliphatic heterocycles. The molecule has 3 N–H and O–H groups in total. The first kappa shape index (κ1) is 9.69. The van der Waals surface area contributed by atoms with Crippen LogP contribution in [0.25, 0.3) is 0 Å². The fourth-order valence-corrected chi connectivity index (χ4v) is 0.589. The molecule has 0 aliphatic rings. The van der Waals surface area contributed by atoms with Gasteiger partial charge in [0.1, 0.15) is 0 Å². The van der Waals surface area contributed by atoms with Gasteiger partial charge in [-0.3, -0.25) is 0 Å². The van der Waals surface area contributed by atoms with Gasteiger partial charge in [-0.2, -0.15) is 0 Å². The molecule has 3 nitrogen and oxygen atoms in total. The summed E-state index contributed by atoms with van der Waals surface area (Å²) in [6.45, 7) is 0. The molecule has 0 amide bonds. The summed E-state index contributed by atoms with van der Waals surface area (Å²) in [5, 5.41) is 6.12. The second-order valence-corrected chi connectivity index (χ2v) is 2.09. The van der Waals surface area contributed by atoms with E-state index in [0.29, 0.717) is 0 Å². The molecular formula is C7H7ClN2O. The monoisotopic (exact) mass is 170 g/mol. The van der Waals surface area contributed by atoms with Crippen molar-refractivity contribution in [2.45, 2.75) is 0 Å². The number of hydrogen-bond acceptors (Lipinski definition) is 3. The highest BCUT2D eigenvalue weighted by atomic mass is 35.5. The average Bonchev–Trinajstić information content (AvgIpc) is 1.97. The van der Waals surface area contributed by atoms with Crippen molar-refractivity contribution in [3.05, 3.63) is 29.3 Å². The van der Waals surface area contributed by atoms with Crippen molar-refractivity contribution < 1.29 is 4.79 Å². The van der Waals surface area contributed by atoms with E-state index in [-0.39, 0.29) is 0 Å². The molecule has 0 radical (unpaired) electrons. The van der Waals surface area contributed by atoms with Gasteiger partial charge in [0.2, 0.25) is 6.08 Å². The summed E-state index contributed by atoms with van der Waals surface area (Å²) in [6.07, 6.45) is 0.750. The van der Waals surface area contributed by atoms with Crippen molar-refractivity contribution in [2.75, 3.05) is 5.73 Å². The molecule has 0 fully saturated rings. The van der Waals surface area contributed by atoms with Crippen molar-refractivity contribution in [3.63, 3.8) is 0 Å².